The summed E-state index contributed by atoms with van der Waals surface area (Å²) in [5, 5.41) is 3.65. The monoisotopic (exact) mass is 183 g/mol. The predicted octanol–water partition coefficient (Wildman–Crippen LogP) is 1.66. The molecule has 2 nitrogen and oxygen atoms in total. The second-order valence-electron chi connectivity index (χ2n) is 5.75. The topological polar surface area (TPSA) is 21.3 Å². The molecule has 1 saturated carbocycles. The minimum Gasteiger partial charge on any atom is -0.381 e. The molecule has 1 aliphatic carbocycles. The first kappa shape index (κ1) is 9.47. The van der Waals surface area contributed by atoms with E-state index in [0.29, 0.717) is 5.41 Å². The van der Waals surface area contributed by atoms with Gasteiger partial charge < -0.3 is 10.1 Å². The standard InChI is InChI=1S/C11H21NO/c1-11(2,3)7-12-10-4-8-5-13-6-9(8)10/h8-10,12H,4-7H2,1-3H3/t8-,9+,10-/m0/s1. The smallest absolute Gasteiger partial charge is 0.0512 e. The minimum absolute atomic E-state index is 0.407. The summed E-state index contributed by atoms with van der Waals surface area (Å²) in [5.74, 6) is 1.69. The Labute approximate surface area is 81.0 Å². The zero-order valence-electron chi connectivity index (χ0n) is 8.97. The van der Waals surface area contributed by atoms with Gasteiger partial charge >= 0.3 is 0 Å². The van der Waals surface area contributed by atoms with Crippen LogP contribution in [0.2, 0.25) is 0 Å². The Kier molecular flexibility index (Phi) is 2.37. The minimum atomic E-state index is 0.407. The normalized spacial score (nSPS) is 38.5. The number of hydrogen-bond donors (Lipinski definition) is 1. The molecule has 3 atom stereocenters. The maximum Gasteiger partial charge on any atom is 0.0512 e. The summed E-state index contributed by atoms with van der Waals surface area (Å²) in [5.41, 5.74) is 0.407. The van der Waals surface area contributed by atoms with Crippen LogP contribution in [0.15, 0.2) is 0 Å². The van der Waals surface area contributed by atoms with Crippen molar-refractivity contribution in [3.63, 3.8) is 0 Å². The molecule has 1 saturated heterocycles. The molecule has 0 aromatic heterocycles. The van der Waals surface area contributed by atoms with Gasteiger partial charge in [-0.05, 0) is 17.8 Å². The molecule has 0 amide bonds. The SMILES string of the molecule is CC(C)(C)CN[C@H]1C[C@H]2COC[C@H]21. The van der Waals surface area contributed by atoms with E-state index < -0.39 is 0 Å². The van der Waals surface area contributed by atoms with Crippen molar-refractivity contribution in [3.05, 3.63) is 0 Å². The highest BCUT2D eigenvalue weighted by molar-refractivity contribution is 4.97. The first-order valence-electron chi connectivity index (χ1n) is 5.37. The van der Waals surface area contributed by atoms with Crippen LogP contribution in [0.4, 0.5) is 0 Å². The molecule has 0 spiro atoms. The lowest BCUT2D eigenvalue weighted by Crippen LogP contribution is -2.51. The average Bonchev–Trinajstić information content (AvgIpc) is 2.30. The molecule has 2 fully saturated rings. The van der Waals surface area contributed by atoms with Gasteiger partial charge in [0.15, 0.2) is 0 Å². The summed E-state index contributed by atoms with van der Waals surface area (Å²) in [4.78, 5) is 0. The molecule has 2 rings (SSSR count). The van der Waals surface area contributed by atoms with Crippen molar-refractivity contribution in [3.8, 4) is 0 Å². The molecule has 1 N–H and O–H groups in total. The van der Waals surface area contributed by atoms with Gasteiger partial charge in [0.05, 0.1) is 6.61 Å². The van der Waals surface area contributed by atoms with E-state index in [-0.39, 0.29) is 0 Å². The lowest BCUT2D eigenvalue weighted by atomic mass is 9.71. The molecule has 0 radical (unpaired) electrons. The molecule has 0 unspecified atom stereocenters. The van der Waals surface area contributed by atoms with Crippen molar-refractivity contribution in [2.24, 2.45) is 17.3 Å². The van der Waals surface area contributed by atoms with Crippen LogP contribution in [0.25, 0.3) is 0 Å². The van der Waals surface area contributed by atoms with Crippen molar-refractivity contribution in [2.75, 3.05) is 19.8 Å². The molecular formula is C11H21NO. The molecule has 2 heteroatoms. The van der Waals surface area contributed by atoms with Crippen LogP contribution in [0, 0.1) is 17.3 Å². The lowest BCUT2D eigenvalue weighted by Gasteiger charge is -2.40. The van der Waals surface area contributed by atoms with Gasteiger partial charge in [-0.2, -0.15) is 0 Å². The fourth-order valence-corrected chi connectivity index (χ4v) is 2.28. The van der Waals surface area contributed by atoms with E-state index >= 15 is 0 Å². The summed E-state index contributed by atoms with van der Waals surface area (Å²) < 4.78 is 5.45. The molecule has 1 heterocycles. The Balaban J connectivity index is 1.73. The maximum atomic E-state index is 5.45. The van der Waals surface area contributed by atoms with Gasteiger partial charge in [0.1, 0.15) is 0 Å². The van der Waals surface area contributed by atoms with Gasteiger partial charge in [-0.25, -0.2) is 0 Å². The molecule has 2 aliphatic rings. The number of fused-ring (bicyclic) bond motifs is 1. The first-order valence-corrected chi connectivity index (χ1v) is 5.37. The van der Waals surface area contributed by atoms with Gasteiger partial charge in [-0.1, -0.05) is 20.8 Å². The fourth-order valence-electron chi connectivity index (χ4n) is 2.28. The Bertz CT molecular complexity index is 185. The molecule has 0 aromatic rings. The van der Waals surface area contributed by atoms with Crippen LogP contribution in [0.5, 0.6) is 0 Å². The lowest BCUT2D eigenvalue weighted by molar-refractivity contribution is 0.142. The third kappa shape index (κ3) is 2.05. The second-order valence-corrected chi connectivity index (χ2v) is 5.75. The van der Waals surface area contributed by atoms with E-state index in [1.165, 1.54) is 6.42 Å². The highest BCUT2D eigenvalue weighted by Gasteiger charge is 2.44. The van der Waals surface area contributed by atoms with Crippen LogP contribution in [-0.4, -0.2) is 25.8 Å². The summed E-state index contributed by atoms with van der Waals surface area (Å²) in [6.45, 7) is 9.97. The van der Waals surface area contributed by atoms with Crippen molar-refractivity contribution < 1.29 is 4.74 Å². The fraction of sp³-hybridized carbons (Fsp3) is 1.00. The number of ether oxygens (including phenoxy) is 1. The zero-order chi connectivity index (χ0) is 9.47. The summed E-state index contributed by atoms with van der Waals surface area (Å²) in [7, 11) is 0. The van der Waals surface area contributed by atoms with Crippen LogP contribution in [0.3, 0.4) is 0 Å². The van der Waals surface area contributed by atoms with E-state index in [1.54, 1.807) is 0 Å². The molecule has 0 bridgehead atoms. The molecular weight excluding hydrogens is 162 g/mol. The summed E-state index contributed by atoms with van der Waals surface area (Å²) >= 11 is 0. The third-order valence-corrected chi connectivity index (χ3v) is 3.22. The molecule has 0 aromatic carbocycles. The average molecular weight is 183 g/mol. The maximum absolute atomic E-state index is 5.45. The Morgan fingerprint density at radius 3 is 2.69 bits per heavy atom. The number of hydrogen-bond acceptors (Lipinski definition) is 2. The van der Waals surface area contributed by atoms with Crippen molar-refractivity contribution in [1.82, 2.24) is 5.32 Å². The van der Waals surface area contributed by atoms with Gasteiger partial charge in [-0.15, -0.1) is 0 Å². The van der Waals surface area contributed by atoms with Crippen LogP contribution < -0.4 is 5.32 Å². The highest BCUT2D eigenvalue weighted by atomic mass is 16.5. The van der Waals surface area contributed by atoms with Crippen LogP contribution in [0.1, 0.15) is 27.2 Å². The number of rotatable bonds is 2. The van der Waals surface area contributed by atoms with Gasteiger partial charge in [0, 0.05) is 25.1 Å². The largest absolute Gasteiger partial charge is 0.381 e. The Morgan fingerprint density at radius 1 is 1.31 bits per heavy atom. The van der Waals surface area contributed by atoms with E-state index in [2.05, 4.69) is 26.1 Å². The zero-order valence-corrected chi connectivity index (χ0v) is 8.97. The van der Waals surface area contributed by atoms with Gasteiger partial charge in [0.25, 0.3) is 0 Å². The Hall–Kier alpha value is -0.0800. The molecule has 76 valence electrons. The summed E-state index contributed by atoms with van der Waals surface area (Å²) in [6, 6.07) is 0.742. The van der Waals surface area contributed by atoms with Crippen molar-refractivity contribution >= 4 is 0 Å². The van der Waals surface area contributed by atoms with Crippen LogP contribution >= 0.6 is 0 Å². The van der Waals surface area contributed by atoms with E-state index in [4.69, 9.17) is 4.74 Å². The third-order valence-electron chi connectivity index (χ3n) is 3.22. The van der Waals surface area contributed by atoms with E-state index in [1.807, 2.05) is 0 Å². The van der Waals surface area contributed by atoms with E-state index in [0.717, 1.165) is 37.6 Å². The molecule has 13 heavy (non-hydrogen) atoms. The highest BCUT2D eigenvalue weighted by Crippen LogP contribution is 2.39. The van der Waals surface area contributed by atoms with Gasteiger partial charge in [0.2, 0.25) is 0 Å². The Morgan fingerprint density at radius 2 is 2.08 bits per heavy atom. The quantitative estimate of drug-likeness (QED) is 0.703. The van der Waals surface area contributed by atoms with Crippen LogP contribution in [-0.2, 0) is 4.74 Å². The second kappa shape index (κ2) is 3.25. The van der Waals surface area contributed by atoms with Gasteiger partial charge in [-0.3, -0.25) is 0 Å². The molecule has 1 aliphatic heterocycles. The van der Waals surface area contributed by atoms with Crippen molar-refractivity contribution in [2.45, 2.75) is 33.2 Å². The number of nitrogens with one attached hydrogen (secondary N) is 1. The predicted molar refractivity (Wildman–Crippen MR) is 53.7 cm³/mol. The van der Waals surface area contributed by atoms with E-state index in [9.17, 15) is 0 Å². The summed E-state index contributed by atoms with van der Waals surface area (Å²) in [6.07, 6.45) is 1.33. The van der Waals surface area contributed by atoms with Crippen molar-refractivity contribution in [1.29, 1.82) is 0 Å². The first-order chi connectivity index (χ1) is 6.06.